The van der Waals surface area contributed by atoms with E-state index in [2.05, 4.69) is 0 Å². The number of hydrogen-bond acceptors (Lipinski definition) is 4. The van der Waals surface area contributed by atoms with Crippen molar-refractivity contribution in [2.75, 3.05) is 7.11 Å². The SMILES string of the molecule is COC(=O)c1cn(C(=O)Cc2cccs2)c2ccccc12. The van der Waals surface area contributed by atoms with Crippen LogP contribution in [0.2, 0.25) is 0 Å². The van der Waals surface area contributed by atoms with Gasteiger partial charge < -0.3 is 4.74 Å². The molecule has 0 radical (unpaired) electrons. The van der Waals surface area contributed by atoms with Crippen LogP contribution in [0.3, 0.4) is 0 Å². The first-order valence-electron chi connectivity index (χ1n) is 6.44. The summed E-state index contributed by atoms with van der Waals surface area (Å²) in [6.07, 6.45) is 1.88. The zero-order valence-electron chi connectivity index (χ0n) is 11.4. The summed E-state index contributed by atoms with van der Waals surface area (Å²) in [6.45, 7) is 0. The number of nitrogens with zero attached hydrogens (tertiary/aromatic N) is 1. The smallest absolute Gasteiger partial charge is 0.340 e. The Morgan fingerprint density at radius 1 is 1.19 bits per heavy atom. The summed E-state index contributed by atoms with van der Waals surface area (Å²) in [4.78, 5) is 25.3. The highest BCUT2D eigenvalue weighted by molar-refractivity contribution is 7.10. The molecule has 2 heterocycles. The van der Waals surface area contributed by atoms with Crippen LogP contribution in [-0.2, 0) is 11.2 Å². The van der Waals surface area contributed by atoms with Crippen LogP contribution in [0.25, 0.3) is 10.9 Å². The molecule has 0 aliphatic carbocycles. The van der Waals surface area contributed by atoms with E-state index in [1.165, 1.54) is 11.7 Å². The summed E-state index contributed by atoms with van der Waals surface area (Å²) in [5, 5.41) is 2.67. The zero-order chi connectivity index (χ0) is 14.8. The maximum absolute atomic E-state index is 12.5. The molecule has 1 aromatic carbocycles. The molecular formula is C16H13NO3S. The standard InChI is InChI=1S/C16H13NO3S/c1-20-16(19)13-10-17(14-7-3-2-6-12(13)14)15(18)9-11-5-4-8-21-11/h2-8,10H,9H2,1H3. The van der Waals surface area contributed by atoms with Crippen molar-refractivity contribution in [3.63, 3.8) is 0 Å². The van der Waals surface area contributed by atoms with Gasteiger partial charge in [-0.1, -0.05) is 24.3 Å². The molecule has 5 heteroatoms. The summed E-state index contributed by atoms with van der Waals surface area (Å²) >= 11 is 1.54. The molecule has 3 rings (SSSR count). The van der Waals surface area contributed by atoms with Crippen molar-refractivity contribution in [3.05, 3.63) is 58.4 Å². The van der Waals surface area contributed by atoms with Crippen LogP contribution in [0, 0.1) is 0 Å². The predicted octanol–water partition coefficient (Wildman–Crippen LogP) is 3.37. The minimum absolute atomic E-state index is 0.0659. The van der Waals surface area contributed by atoms with Gasteiger partial charge in [-0.05, 0) is 17.5 Å². The molecule has 3 aromatic rings. The Balaban J connectivity index is 2.06. The lowest BCUT2D eigenvalue weighted by Crippen LogP contribution is -2.11. The van der Waals surface area contributed by atoms with E-state index in [0.29, 0.717) is 12.0 Å². The van der Waals surface area contributed by atoms with E-state index >= 15 is 0 Å². The molecule has 106 valence electrons. The van der Waals surface area contributed by atoms with Gasteiger partial charge in [0, 0.05) is 16.5 Å². The van der Waals surface area contributed by atoms with Crippen LogP contribution in [0.5, 0.6) is 0 Å². The Morgan fingerprint density at radius 3 is 2.71 bits per heavy atom. The summed E-state index contributed by atoms with van der Waals surface area (Å²) < 4.78 is 6.31. The van der Waals surface area contributed by atoms with Gasteiger partial charge in [0.05, 0.1) is 24.6 Å². The average Bonchev–Trinajstić information content (AvgIpc) is 3.13. The molecule has 0 saturated carbocycles. The Kier molecular flexibility index (Phi) is 3.58. The van der Waals surface area contributed by atoms with E-state index in [9.17, 15) is 9.59 Å². The van der Waals surface area contributed by atoms with Crippen LogP contribution in [0.15, 0.2) is 48.0 Å². The molecule has 0 saturated heterocycles. The van der Waals surface area contributed by atoms with Gasteiger partial charge in [0.2, 0.25) is 5.91 Å². The number of carbonyl (C=O) groups excluding carboxylic acids is 2. The summed E-state index contributed by atoms with van der Waals surface area (Å²) in [5.41, 5.74) is 1.13. The van der Waals surface area contributed by atoms with Gasteiger partial charge in [-0.15, -0.1) is 11.3 Å². The minimum Gasteiger partial charge on any atom is -0.465 e. The Hall–Kier alpha value is -2.40. The molecule has 0 spiro atoms. The van der Waals surface area contributed by atoms with Crippen LogP contribution in [0.1, 0.15) is 20.0 Å². The highest BCUT2D eigenvalue weighted by Crippen LogP contribution is 2.23. The third-order valence-electron chi connectivity index (χ3n) is 3.29. The third kappa shape index (κ3) is 2.48. The quantitative estimate of drug-likeness (QED) is 0.697. The second-order valence-corrected chi connectivity index (χ2v) is 5.60. The van der Waals surface area contributed by atoms with E-state index in [0.717, 1.165) is 15.8 Å². The number of fused-ring (bicyclic) bond motifs is 1. The molecule has 21 heavy (non-hydrogen) atoms. The fraction of sp³-hybridized carbons (Fsp3) is 0.125. The highest BCUT2D eigenvalue weighted by atomic mass is 32.1. The number of thiophene rings is 1. The van der Waals surface area contributed by atoms with Gasteiger partial charge in [-0.2, -0.15) is 0 Å². The van der Waals surface area contributed by atoms with Crippen LogP contribution >= 0.6 is 11.3 Å². The maximum Gasteiger partial charge on any atom is 0.340 e. The average molecular weight is 299 g/mol. The van der Waals surface area contributed by atoms with E-state index in [-0.39, 0.29) is 5.91 Å². The number of para-hydroxylation sites is 1. The number of benzene rings is 1. The predicted molar refractivity (Wildman–Crippen MR) is 81.9 cm³/mol. The van der Waals surface area contributed by atoms with Gasteiger partial charge >= 0.3 is 5.97 Å². The molecule has 2 aromatic heterocycles. The molecule has 4 nitrogen and oxygen atoms in total. The van der Waals surface area contributed by atoms with Gasteiger partial charge in [-0.3, -0.25) is 9.36 Å². The van der Waals surface area contributed by atoms with E-state index in [1.54, 1.807) is 17.5 Å². The molecule has 0 bridgehead atoms. The van der Waals surface area contributed by atoms with E-state index < -0.39 is 5.97 Å². The molecule has 0 atom stereocenters. The summed E-state index contributed by atoms with van der Waals surface area (Å²) in [5.74, 6) is -0.502. The van der Waals surface area contributed by atoms with E-state index in [1.807, 2.05) is 41.8 Å². The van der Waals surface area contributed by atoms with Crippen molar-refractivity contribution in [1.82, 2.24) is 4.57 Å². The van der Waals surface area contributed by atoms with Gasteiger partial charge in [0.25, 0.3) is 0 Å². The molecule has 0 N–H and O–H groups in total. The molecule has 0 unspecified atom stereocenters. The van der Waals surface area contributed by atoms with Crippen LogP contribution in [0.4, 0.5) is 0 Å². The van der Waals surface area contributed by atoms with Crippen LogP contribution < -0.4 is 0 Å². The first kappa shape index (κ1) is 13.6. The topological polar surface area (TPSA) is 48.3 Å². The van der Waals surface area contributed by atoms with Crippen molar-refractivity contribution >= 4 is 34.1 Å². The number of hydrogen-bond donors (Lipinski definition) is 0. The summed E-state index contributed by atoms with van der Waals surface area (Å²) in [6, 6.07) is 11.2. The van der Waals surface area contributed by atoms with Crippen molar-refractivity contribution < 1.29 is 14.3 Å². The molecule has 0 aliphatic rings. The van der Waals surface area contributed by atoms with Crippen molar-refractivity contribution in [3.8, 4) is 0 Å². The lowest BCUT2D eigenvalue weighted by Gasteiger charge is -2.02. The number of aromatic nitrogens is 1. The second kappa shape index (κ2) is 5.54. The normalized spacial score (nSPS) is 10.7. The zero-order valence-corrected chi connectivity index (χ0v) is 12.2. The Morgan fingerprint density at radius 2 is 2.00 bits per heavy atom. The van der Waals surface area contributed by atoms with Gasteiger partial charge in [0.15, 0.2) is 0 Å². The van der Waals surface area contributed by atoms with Crippen molar-refractivity contribution in [2.24, 2.45) is 0 Å². The Labute approximate surface area is 125 Å². The largest absolute Gasteiger partial charge is 0.465 e. The van der Waals surface area contributed by atoms with Gasteiger partial charge in [0.1, 0.15) is 0 Å². The highest BCUT2D eigenvalue weighted by Gasteiger charge is 2.18. The van der Waals surface area contributed by atoms with Crippen LogP contribution in [-0.4, -0.2) is 23.6 Å². The molecular weight excluding hydrogens is 286 g/mol. The fourth-order valence-electron chi connectivity index (χ4n) is 2.31. The number of ether oxygens (including phenoxy) is 1. The second-order valence-electron chi connectivity index (χ2n) is 4.57. The fourth-order valence-corrected chi connectivity index (χ4v) is 3.00. The van der Waals surface area contributed by atoms with Crippen molar-refractivity contribution in [2.45, 2.75) is 6.42 Å². The lowest BCUT2D eigenvalue weighted by atomic mass is 10.2. The lowest BCUT2D eigenvalue weighted by molar-refractivity contribution is 0.0603. The number of rotatable bonds is 3. The third-order valence-corrected chi connectivity index (χ3v) is 4.17. The first-order valence-corrected chi connectivity index (χ1v) is 7.32. The molecule has 0 fully saturated rings. The Bertz CT molecular complexity index is 802. The molecule has 0 amide bonds. The number of esters is 1. The monoisotopic (exact) mass is 299 g/mol. The number of carbonyl (C=O) groups is 2. The van der Waals surface area contributed by atoms with E-state index in [4.69, 9.17) is 4.74 Å². The number of methoxy groups -OCH3 is 1. The first-order chi connectivity index (χ1) is 10.2. The van der Waals surface area contributed by atoms with Crippen molar-refractivity contribution in [1.29, 1.82) is 0 Å². The molecule has 0 aliphatic heterocycles. The van der Waals surface area contributed by atoms with Gasteiger partial charge in [-0.25, -0.2) is 4.79 Å². The summed E-state index contributed by atoms with van der Waals surface area (Å²) in [7, 11) is 1.34. The maximum atomic E-state index is 12.5. The minimum atomic E-state index is -0.436.